The monoisotopic (exact) mass is 461 g/mol. The molecule has 1 saturated carbocycles. The van der Waals surface area contributed by atoms with Gasteiger partial charge in [-0.3, -0.25) is 10.1 Å². The minimum atomic E-state index is -0.375. The third-order valence-electron chi connectivity index (χ3n) is 5.64. The smallest absolute Gasteiger partial charge is 0.269 e. The molecule has 30 heavy (non-hydrogen) atoms. The highest BCUT2D eigenvalue weighted by Gasteiger charge is 2.26. The Kier molecular flexibility index (Phi) is 6.27. The topological polar surface area (TPSA) is 60.4 Å². The molecule has 1 aliphatic rings. The predicted molar refractivity (Wildman–Crippen MR) is 123 cm³/mol. The Morgan fingerprint density at radius 3 is 2.50 bits per heavy atom. The van der Waals surface area contributed by atoms with Gasteiger partial charge in [-0.05, 0) is 54.7 Å². The molecule has 1 fully saturated rings. The van der Waals surface area contributed by atoms with E-state index in [4.69, 9.17) is 28.2 Å². The number of benzene rings is 2. The number of thiazole rings is 1. The summed E-state index contributed by atoms with van der Waals surface area (Å²) in [5.74, 6) is 0.526. The fourth-order valence-corrected chi connectivity index (χ4v) is 5.30. The van der Waals surface area contributed by atoms with Crippen LogP contribution >= 0.6 is 34.5 Å². The van der Waals surface area contributed by atoms with Gasteiger partial charge in [-0.25, -0.2) is 4.99 Å². The van der Waals surface area contributed by atoms with E-state index in [1.165, 1.54) is 19.3 Å². The second-order valence-electron chi connectivity index (χ2n) is 7.62. The van der Waals surface area contributed by atoms with Crippen molar-refractivity contribution in [3.63, 3.8) is 0 Å². The summed E-state index contributed by atoms with van der Waals surface area (Å²) in [7, 11) is 0. The molecule has 1 aliphatic carbocycles. The first kappa shape index (κ1) is 21.1. The average Bonchev–Trinajstić information content (AvgIpc) is 3.14. The summed E-state index contributed by atoms with van der Waals surface area (Å²) in [6.45, 7) is 2.29. The number of nitro groups is 1. The van der Waals surface area contributed by atoms with Gasteiger partial charge in [0.15, 0.2) is 4.80 Å². The van der Waals surface area contributed by atoms with Crippen LogP contribution in [0.5, 0.6) is 0 Å². The lowest BCUT2D eigenvalue weighted by molar-refractivity contribution is -0.384. The third-order valence-corrected chi connectivity index (χ3v) is 7.22. The van der Waals surface area contributed by atoms with E-state index in [2.05, 4.69) is 16.9 Å². The van der Waals surface area contributed by atoms with Crippen LogP contribution in [0.4, 0.5) is 11.4 Å². The van der Waals surface area contributed by atoms with E-state index in [-0.39, 0.29) is 10.6 Å². The van der Waals surface area contributed by atoms with Crippen molar-refractivity contribution >= 4 is 45.9 Å². The molecule has 2 aromatic carbocycles. The number of hydrogen-bond donors (Lipinski definition) is 0. The van der Waals surface area contributed by atoms with Crippen LogP contribution in [0.25, 0.3) is 11.3 Å². The fraction of sp³-hybridized carbons (Fsp3) is 0.318. The Labute approximate surface area is 188 Å². The quantitative estimate of drug-likeness (QED) is 0.299. The van der Waals surface area contributed by atoms with E-state index < -0.39 is 0 Å². The number of non-ortho nitro benzene ring substituents is 1. The van der Waals surface area contributed by atoms with Crippen molar-refractivity contribution in [3.8, 4) is 11.3 Å². The summed E-state index contributed by atoms with van der Waals surface area (Å²) < 4.78 is 2.30. The Morgan fingerprint density at radius 1 is 1.10 bits per heavy atom. The fourth-order valence-electron chi connectivity index (χ4n) is 4.03. The molecule has 8 heteroatoms. The van der Waals surface area contributed by atoms with Gasteiger partial charge in [0.2, 0.25) is 0 Å². The lowest BCUT2D eigenvalue weighted by atomic mass is 9.85. The maximum absolute atomic E-state index is 11.0. The second kappa shape index (κ2) is 8.92. The van der Waals surface area contributed by atoms with Gasteiger partial charge in [0.25, 0.3) is 5.69 Å². The average molecular weight is 462 g/mol. The molecule has 0 saturated heterocycles. The highest BCUT2D eigenvalue weighted by molar-refractivity contribution is 7.07. The molecular weight excluding hydrogens is 441 g/mol. The van der Waals surface area contributed by atoms with E-state index >= 15 is 0 Å². The summed E-state index contributed by atoms with van der Waals surface area (Å²) >= 11 is 13.8. The Bertz CT molecular complexity index is 1140. The second-order valence-corrected chi connectivity index (χ2v) is 9.27. The maximum Gasteiger partial charge on any atom is 0.269 e. The number of aromatic nitrogens is 1. The van der Waals surface area contributed by atoms with Gasteiger partial charge in [0.05, 0.1) is 26.3 Å². The van der Waals surface area contributed by atoms with E-state index in [0.29, 0.717) is 22.0 Å². The van der Waals surface area contributed by atoms with Crippen molar-refractivity contribution in [3.05, 3.63) is 72.8 Å². The van der Waals surface area contributed by atoms with Crippen LogP contribution in [0.15, 0.2) is 52.8 Å². The summed E-state index contributed by atoms with van der Waals surface area (Å²) in [5.41, 5.74) is 2.82. The van der Waals surface area contributed by atoms with Crippen molar-refractivity contribution < 1.29 is 4.92 Å². The van der Waals surface area contributed by atoms with E-state index in [0.717, 1.165) is 28.2 Å². The highest BCUT2D eigenvalue weighted by atomic mass is 35.5. The van der Waals surface area contributed by atoms with Gasteiger partial charge in [0, 0.05) is 23.6 Å². The van der Waals surface area contributed by atoms with Crippen LogP contribution in [0.3, 0.4) is 0 Å². The molecule has 1 heterocycles. The first-order valence-corrected chi connectivity index (χ1v) is 11.5. The zero-order valence-corrected chi connectivity index (χ0v) is 18.8. The van der Waals surface area contributed by atoms with Crippen LogP contribution in [0.2, 0.25) is 10.0 Å². The van der Waals surface area contributed by atoms with Crippen molar-refractivity contribution in [2.45, 2.75) is 38.6 Å². The molecule has 5 nitrogen and oxygen atoms in total. The third kappa shape index (κ3) is 4.31. The van der Waals surface area contributed by atoms with E-state index in [9.17, 15) is 10.1 Å². The standard InChI is InChI=1S/C22H21Cl2N3O2S/c1-14-4-2-3-5-20(14)26-21(15-6-9-17(10-7-15)27(28)29)13-30-22(26)25-16-8-11-18(23)19(24)12-16/h6-14,20H,2-5H2,1H3. The summed E-state index contributed by atoms with van der Waals surface area (Å²) in [6.07, 6.45) is 4.70. The lowest BCUT2D eigenvalue weighted by Gasteiger charge is -2.31. The van der Waals surface area contributed by atoms with Gasteiger partial charge in [0.1, 0.15) is 0 Å². The van der Waals surface area contributed by atoms with Crippen LogP contribution < -0.4 is 4.80 Å². The zero-order valence-electron chi connectivity index (χ0n) is 16.4. The van der Waals surface area contributed by atoms with Crippen LogP contribution in [-0.2, 0) is 0 Å². The van der Waals surface area contributed by atoms with Crippen molar-refractivity contribution in [1.29, 1.82) is 0 Å². The van der Waals surface area contributed by atoms with Gasteiger partial charge in [-0.15, -0.1) is 11.3 Å². The summed E-state index contributed by atoms with van der Waals surface area (Å²) in [6, 6.07) is 12.4. The van der Waals surface area contributed by atoms with Crippen molar-refractivity contribution in [2.24, 2.45) is 10.9 Å². The largest absolute Gasteiger partial charge is 0.313 e. The number of nitrogens with zero attached hydrogens (tertiary/aromatic N) is 3. The van der Waals surface area contributed by atoms with Gasteiger partial charge in [-0.2, -0.15) is 0 Å². The molecular formula is C22H21Cl2N3O2S. The predicted octanol–water partition coefficient (Wildman–Crippen LogP) is 7.42. The molecule has 0 radical (unpaired) electrons. The van der Waals surface area contributed by atoms with E-state index in [1.807, 2.05) is 18.2 Å². The Hall–Kier alpha value is -2.15. The Balaban J connectivity index is 1.85. The van der Waals surface area contributed by atoms with Gasteiger partial charge >= 0.3 is 0 Å². The minimum Gasteiger partial charge on any atom is -0.313 e. The molecule has 1 aromatic heterocycles. The summed E-state index contributed by atoms with van der Waals surface area (Å²) in [5, 5.41) is 14.1. The molecule has 4 rings (SSSR count). The number of halogens is 2. The summed E-state index contributed by atoms with van der Waals surface area (Å²) in [4.78, 5) is 16.4. The molecule has 0 N–H and O–H groups in total. The molecule has 0 bridgehead atoms. The molecule has 156 valence electrons. The zero-order chi connectivity index (χ0) is 21.3. The molecule has 0 spiro atoms. The first-order chi connectivity index (χ1) is 14.4. The number of rotatable bonds is 4. The normalized spacial score (nSPS) is 19.8. The van der Waals surface area contributed by atoms with Crippen LogP contribution in [-0.4, -0.2) is 9.49 Å². The van der Waals surface area contributed by atoms with Crippen molar-refractivity contribution in [1.82, 2.24) is 4.57 Å². The molecule has 2 atom stereocenters. The van der Waals surface area contributed by atoms with Crippen molar-refractivity contribution in [2.75, 3.05) is 0 Å². The SMILES string of the molecule is CC1CCCCC1n1c(-c2ccc([N+](=O)[O-])cc2)csc1=Nc1ccc(Cl)c(Cl)c1. The lowest BCUT2D eigenvalue weighted by Crippen LogP contribution is -2.28. The first-order valence-electron chi connectivity index (χ1n) is 9.88. The van der Waals surface area contributed by atoms with Gasteiger partial charge in [-0.1, -0.05) is 43.0 Å². The maximum atomic E-state index is 11.0. The molecule has 0 aliphatic heterocycles. The molecule has 3 aromatic rings. The van der Waals surface area contributed by atoms with Gasteiger partial charge < -0.3 is 4.57 Å². The van der Waals surface area contributed by atoms with E-state index in [1.54, 1.807) is 35.6 Å². The number of nitro benzene ring substituents is 1. The molecule has 2 unspecified atom stereocenters. The molecule has 0 amide bonds. The van der Waals surface area contributed by atoms with Crippen LogP contribution in [0, 0.1) is 16.0 Å². The number of hydrogen-bond acceptors (Lipinski definition) is 4. The Morgan fingerprint density at radius 2 is 1.83 bits per heavy atom. The highest BCUT2D eigenvalue weighted by Crippen LogP contribution is 2.37. The van der Waals surface area contributed by atoms with Crippen LogP contribution in [0.1, 0.15) is 38.6 Å². The minimum absolute atomic E-state index is 0.0901.